The largest absolute Gasteiger partial charge is 0.414 e. The van der Waals surface area contributed by atoms with Crippen LogP contribution in [0.5, 0.6) is 0 Å². The lowest BCUT2D eigenvalue weighted by Gasteiger charge is -2.17. The second kappa shape index (κ2) is 12.2. The summed E-state index contributed by atoms with van der Waals surface area (Å²) in [7, 11) is -2.60. The number of ketones is 1. The first-order chi connectivity index (χ1) is 17.2. The van der Waals surface area contributed by atoms with E-state index in [0.717, 1.165) is 5.56 Å². The fraction of sp³-hybridized carbons (Fsp3) is 0.261. The summed E-state index contributed by atoms with van der Waals surface area (Å²) >= 11 is 0. The third-order valence-electron chi connectivity index (χ3n) is 4.85. The van der Waals surface area contributed by atoms with Gasteiger partial charge in [0.05, 0.1) is 24.6 Å². The highest BCUT2D eigenvalue weighted by Gasteiger charge is 2.24. The van der Waals surface area contributed by atoms with Crippen LogP contribution in [0.2, 0.25) is 0 Å². The first-order valence-electron chi connectivity index (χ1n) is 10.7. The lowest BCUT2D eigenvalue weighted by atomic mass is 10.2. The van der Waals surface area contributed by atoms with Crippen molar-refractivity contribution in [1.29, 1.82) is 0 Å². The number of nitrogens with zero attached hydrogens (tertiary/aromatic N) is 2. The van der Waals surface area contributed by atoms with Crippen LogP contribution in [0.1, 0.15) is 16.2 Å². The molecule has 1 unspecified atom stereocenters. The molecule has 2 amide bonds. The summed E-state index contributed by atoms with van der Waals surface area (Å²) in [6.45, 7) is 0.531. The van der Waals surface area contributed by atoms with Crippen LogP contribution in [0.15, 0.2) is 63.9 Å². The third-order valence-corrected chi connectivity index (χ3v) is 6.26. The van der Waals surface area contributed by atoms with Gasteiger partial charge in [-0.05, 0) is 31.2 Å². The number of amides is 2. The van der Waals surface area contributed by atoms with Gasteiger partial charge in [0.25, 0.3) is 5.89 Å². The number of carbonyl (C=O) groups is 3. The zero-order valence-corrected chi connectivity index (χ0v) is 20.4. The van der Waals surface area contributed by atoms with Gasteiger partial charge in [0.15, 0.2) is 0 Å². The number of nitrogens with one attached hydrogen (secondary N) is 3. The van der Waals surface area contributed by atoms with Gasteiger partial charge >= 0.3 is 0 Å². The molecule has 0 spiro atoms. The van der Waals surface area contributed by atoms with E-state index < -0.39 is 46.8 Å². The number of rotatable bonds is 12. The molecule has 13 heteroatoms. The van der Waals surface area contributed by atoms with Crippen LogP contribution in [0.25, 0.3) is 11.5 Å². The van der Waals surface area contributed by atoms with E-state index in [1.54, 1.807) is 36.4 Å². The van der Waals surface area contributed by atoms with Gasteiger partial charge in [-0.25, -0.2) is 13.1 Å². The van der Waals surface area contributed by atoms with Gasteiger partial charge < -0.3 is 19.8 Å². The van der Waals surface area contributed by atoms with Crippen molar-refractivity contribution in [2.75, 3.05) is 26.8 Å². The summed E-state index contributed by atoms with van der Waals surface area (Å²) in [5.41, 5.74) is 1.52. The average Bonchev–Trinajstić information content (AvgIpc) is 3.37. The SMILES string of the molecule is COCC(NC(=O)CNS(=O)(=O)c1ccc(C)cc1)C(=O)NCC(=O)c1nnc(-c2ccccc2)o1. The molecule has 3 aromatic rings. The van der Waals surface area contributed by atoms with Crippen LogP contribution in [-0.2, 0) is 24.3 Å². The zero-order valence-electron chi connectivity index (χ0n) is 19.6. The lowest BCUT2D eigenvalue weighted by molar-refractivity contribution is -0.129. The van der Waals surface area contributed by atoms with Crippen molar-refractivity contribution >= 4 is 27.6 Å². The maximum Gasteiger partial charge on any atom is 0.286 e. The summed E-state index contributed by atoms with van der Waals surface area (Å²) in [4.78, 5) is 37.2. The van der Waals surface area contributed by atoms with E-state index >= 15 is 0 Å². The molecule has 0 bridgehead atoms. The quantitative estimate of drug-likeness (QED) is 0.290. The van der Waals surface area contributed by atoms with Crippen molar-refractivity contribution in [2.45, 2.75) is 17.9 Å². The number of methoxy groups -OCH3 is 1. The van der Waals surface area contributed by atoms with Crippen LogP contribution in [0.3, 0.4) is 0 Å². The minimum absolute atomic E-state index is 0.00189. The van der Waals surface area contributed by atoms with Gasteiger partial charge in [-0.3, -0.25) is 14.4 Å². The second-order valence-electron chi connectivity index (χ2n) is 7.63. The molecule has 1 aromatic heterocycles. The van der Waals surface area contributed by atoms with Gasteiger partial charge in [-0.1, -0.05) is 35.9 Å². The highest BCUT2D eigenvalue weighted by Crippen LogP contribution is 2.17. The van der Waals surface area contributed by atoms with Crippen molar-refractivity contribution in [1.82, 2.24) is 25.6 Å². The fourth-order valence-corrected chi connectivity index (χ4v) is 3.94. The molecule has 0 aliphatic rings. The highest BCUT2D eigenvalue weighted by molar-refractivity contribution is 7.89. The van der Waals surface area contributed by atoms with E-state index in [0.29, 0.717) is 5.56 Å². The number of sulfonamides is 1. The number of aryl methyl sites for hydroxylation is 1. The summed E-state index contributed by atoms with van der Waals surface area (Å²) in [6.07, 6.45) is 0. The molecule has 0 fully saturated rings. The van der Waals surface area contributed by atoms with Crippen molar-refractivity contribution in [3.05, 3.63) is 66.1 Å². The maximum atomic E-state index is 12.5. The minimum atomic E-state index is -3.92. The molecule has 36 heavy (non-hydrogen) atoms. The van der Waals surface area contributed by atoms with Gasteiger partial charge in [0, 0.05) is 12.7 Å². The van der Waals surface area contributed by atoms with Gasteiger partial charge in [-0.15, -0.1) is 10.2 Å². The predicted molar refractivity (Wildman–Crippen MR) is 127 cm³/mol. The van der Waals surface area contributed by atoms with Crippen molar-refractivity contribution in [2.24, 2.45) is 0 Å². The van der Waals surface area contributed by atoms with E-state index in [1.165, 1.54) is 19.2 Å². The topological polar surface area (TPSA) is 170 Å². The van der Waals surface area contributed by atoms with Crippen molar-refractivity contribution in [3.63, 3.8) is 0 Å². The van der Waals surface area contributed by atoms with Crippen molar-refractivity contribution < 1.29 is 32.0 Å². The Bertz CT molecular complexity index is 1310. The molecule has 0 radical (unpaired) electrons. The summed E-state index contributed by atoms with van der Waals surface area (Å²) < 4.78 is 37.2. The third kappa shape index (κ3) is 7.28. The fourth-order valence-electron chi connectivity index (χ4n) is 2.96. The summed E-state index contributed by atoms with van der Waals surface area (Å²) in [6, 6.07) is 13.8. The number of ether oxygens (including phenoxy) is 1. The number of carbonyl (C=O) groups excluding carboxylic acids is 3. The van der Waals surface area contributed by atoms with Crippen LogP contribution >= 0.6 is 0 Å². The predicted octanol–water partition coefficient (Wildman–Crippen LogP) is 0.454. The number of aromatic nitrogens is 2. The average molecular weight is 516 g/mol. The van der Waals surface area contributed by atoms with E-state index in [4.69, 9.17) is 9.15 Å². The Kier molecular flexibility index (Phi) is 9.00. The summed E-state index contributed by atoms with van der Waals surface area (Å²) in [5.74, 6) is -2.25. The Morgan fingerprint density at radius 3 is 2.36 bits per heavy atom. The van der Waals surface area contributed by atoms with E-state index in [-0.39, 0.29) is 23.3 Å². The first kappa shape index (κ1) is 26.7. The smallest absolute Gasteiger partial charge is 0.286 e. The molecular weight excluding hydrogens is 490 g/mol. The molecule has 0 aliphatic heterocycles. The highest BCUT2D eigenvalue weighted by atomic mass is 32.2. The molecule has 0 aliphatic carbocycles. The standard InChI is InChI=1S/C23H25N5O7S/c1-15-8-10-17(11-9-15)36(32,33)25-13-20(30)26-18(14-34-2)21(31)24-12-19(29)23-28-27-22(35-23)16-6-4-3-5-7-16/h3-11,18,25H,12-14H2,1-2H3,(H,24,31)(H,26,30). The molecule has 0 saturated carbocycles. The van der Waals surface area contributed by atoms with E-state index in [9.17, 15) is 22.8 Å². The molecule has 2 aromatic carbocycles. The van der Waals surface area contributed by atoms with Crippen LogP contribution in [-0.4, -0.2) is 69.1 Å². The Hall–Kier alpha value is -3.94. The molecule has 0 saturated heterocycles. The normalized spacial score (nSPS) is 12.1. The second-order valence-corrected chi connectivity index (χ2v) is 9.40. The zero-order chi connectivity index (χ0) is 26.1. The lowest BCUT2D eigenvalue weighted by Crippen LogP contribution is -2.52. The Morgan fingerprint density at radius 1 is 1.00 bits per heavy atom. The molecule has 12 nitrogen and oxygen atoms in total. The van der Waals surface area contributed by atoms with E-state index in [2.05, 4.69) is 25.6 Å². The summed E-state index contributed by atoms with van der Waals surface area (Å²) in [5, 5.41) is 12.3. The number of benzene rings is 2. The van der Waals surface area contributed by atoms with Gasteiger partial charge in [0.2, 0.25) is 33.5 Å². The first-order valence-corrected chi connectivity index (χ1v) is 12.2. The molecule has 3 N–H and O–H groups in total. The Labute approximate surface area is 207 Å². The Balaban J connectivity index is 1.52. The molecular formula is C23H25N5O7S. The molecule has 1 atom stereocenters. The Morgan fingerprint density at radius 2 is 1.69 bits per heavy atom. The monoisotopic (exact) mass is 515 g/mol. The number of Topliss-reactive ketones (excluding diaryl/α,β-unsaturated/α-hetero) is 1. The molecule has 3 rings (SSSR count). The molecule has 1 heterocycles. The minimum Gasteiger partial charge on any atom is -0.414 e. The number of hydrogen-bond donors (Lipinski definition) is 3. The van der Waals surface area contributed by atoms with E-state index in [1.807, 2.05) is 13.0 Å². The van der Waals surface area contributed by atoms with Gasteiger partial charge in [-0.2, -0.15) is 0 Å². The van der Waals surface area contributed by atoms with Gasteiger partial charge in [0.1, 0.15) is 6.04 Å². The van der Waals surface area contributed by atoms with Crippen LogP contribution in [0, 0.1) is 6.92 Å². The maximum absolute atomic E-state index is 12.5. The number of hydrogen-bond acceptors (Lipinski definition) is 9. The molecule has 190 valence electrons. The van der Waals surface area contributed by atoms with Crippen molar-refractivity contribution in [3.8, 4) is 11.5 Å². The van der Waals surface area contributed by atoms with Crippen LogP contribution in [0.4, 0.5) is 0 Å². The van der Waals surface area contributed by atoms with Crippen LogP contribution < -0.4 is 15.4 Å².